The van der Waals surface area contributed by atoms with Crippen molar-refractivity contribution in [2.24, 2.45) is 28.0 Å². The van der Waals surface area contributed by atoms with Crippen LogP contribution in [0, 0.1) is 17.3 Å². The van der Waals surface area contributed by atoms with Gasteiger partial charge in [-0.05, 0) is 38.7 Å². The van der Waals surface area contributed by atoms with Crippen LogP contribution in [-0.2, 0) is 21.1 Å². The summed E-state index contributed by atoms with van der Waals surface area (Å²) in [4.78, 5) is 28.5. The molecule has 3 N–H and O–H groups in total. The number of primary amides is 1. The minimum atomic E-state index is -0.563. The fourth-order valence-electron chi connectivity index (χ4n) is 5.05. The van der Waals surface area contributed by atoms with Crippen LogP contribution in [0.25, 0.3) is 0 Å². The molecular weight excluding hydrogens is 432 g/mol. The highest BCUT2D eigenvalue weighted by Crippen LogP contribution is 2.39. The van der Waals surface area contributed by atoms with Crippen molar-refractivity contribution in [3.8, 4) is 0 Å². The number of rotatable bonds is 8. The lowest BCUT2D eigenvalue weighted by atomic mass is 9.85. The molecule has 2 aromatic heterocycles. The van der Waals surface area contributed by atoms with Crippen LogP contribution in [0.5, 0.6) is 0 Å². The molecule has 0 saturated heterocycles. The van der Waals surface area contributed by atoms with Crippen LogP contribution in [0.3, 0.4) is 0 Å². The van der Waals surface area contributed by atoms with Gasteiger partial charge < -0.3 is 15.8 Å². The van der Waals surface area contributed by atoms with Crippen molar-refractivity contribution in [2.45, 2.75) is 78.6 Å². The number of nitrogens with one attached hydrogen (secondary N) is 1. The lowest BCUT2D eigenvalue weighted by Crippen LogP contribution is -2.28. The van der Waals surface area contributed by atoms with Crippen LogP contribution in [0.2, 0.25) is 0 Å². The number of hydrogen-bond donors (Lipinski definition) is 2. The van der Waals surface area contributed by atoms with E-state index < -0.39 is 5.41 Å². The predicted molar refractivity (Wildman–Crippen MR) is 129 cm³/mol. The van der Waals surface area contributed by atoms with E-state index in [2.05, 4.69) is 22.3 Å². The van der Waals surface area contributed by atoms with E-state index in [0.717, 1.165) is 16.9 Å². The van der Waals surface area contributed by atoms with Crippen molar-refractivity contribution >= 4 is 24.0 Å². The summed E-state index contributed by atoms with van der Waals surface area (Å²) in [6.07, 6.45) is 12.6. The number of ether oxygens (including phenoxy) is 1. The van der Waals surface area contributed by atoms with Gasteiger partial charge in [-0.15, -0.1) is 0 Å². The van der Waals surface area contributed by atoms with Crippen LogP contribution in [0.15, 0.2) is 29.6 Å². The third kappa shape index (κ3) is 5.03. The average Bonchev–Trinajstić information content (AvgIpc) is 3.55. The van der Waals surface area contributed by atoms with E-state index >= 15 is 0 Å². The lowest BCUT2D eigenvalue weighted by Gasteiger charge is -2.28. The first-order valence-electron chi connectivity index (χ1n) is 12.1. The lowest BCUT2D eigenvalue weighted by molar-refractivity contribution is -0.156. The highest BCUT2D eigenvalue weighted by atomic mass is 16.5. The first-order valence-corrected chi connectivity index (χ1v) is 12.1. The zero-order valence-electron chi connectivity index (χ0n) is 20.5. The molecule has 3 atom stereocenters. The van der Waals surface area contributed by atoms with E-state index in [4.69, 9.17) is 10.5 Å². The van der Waals surface area contributed by atoms with Crippen molar-refractivity contribution in [1.82, 2.24) is 19.7 Å². The fourth-order valence-corrected chi connectivity index (χ4v) is 5.05. The van der Waals surface area contributed by atoms with Gasteiger partial charge in [-0.2, -0.15) is 5.10 Å². The molecule has 3 heterocycles. The molecule has 9 nitrogen and oxygen atoms in total. The van der Waals surface area contributed by atoms with Gasteiger partial charge in [-0.25, -0.2) is 4.99 Å². The number of aromatic nitrogens is 3. The summed E-state index contributed by atoms with van der Waals surface area (Å²) < 4.78 is 9.22. The molecule has 1 amide bonds. The number of carbonyl (C=O) groups is 2. The molecule has 0 radical (unpaired) electrons. The maximum absolute atomic E-state index is 12.2. The molecule has 4 rings (SSSR count). The van der Waals surface area contributed by atoms with Crippen molar-refractivity contribution in [2.75, 3.05) is 0 Å². The Morgan fingerprint density at radius 2 is 2.03 bits per heavy atom. The van der Waals surface area contributed by atoms with Crippen molar-refractivity contribution in [3.05, 3.63) is 35.8 Å². The summed E-state index contributed by atoms with van der Waals surface area (Å²) >= 11 is 0. The summed E-state index contributed by atoms with van der Waals surface area (Å²) in [7, 11) is 0. The monoisotopic (exact) mass is 468 g/mol. The Morgan fingerprint density at radius 3 is 2.71 bits per heavy atom. The van der Waals surface area contributed by atoms with Crippen molar-refractivity contribution < 1.29 is 14.3 Å². The first kappa shape index (κ1) is 24.0. The largest absolute Gasteiger partial charge is 0.443 e. The van der Waals surface area contributed by atoms with Crippen LogP contribution in [0.4, 0.5) is 5.82 Å². The molecule has 1 fully saturated rings. The zero-order valence-corrected chi connectivity index (χ0v) is 20.5. The molecular formula is C25H36N6O3. The molecule has 2 aromatic rings. The van der Waals surface area contributed by atoms with Gasteiger partial charge in [-0.1, -0.05) is 32.6 Å². The van der Waals surface area contributed by atoms with E-state index in [0.29, 0.717) is 11.8 Å². The third-order valence-electron chi connectivity index (χ3n) is 7.11. The van der Waals surface area contributed by atoms with Gasteiger partial charge in [-0.3, -0.25) is 18.8 Å². The van der Waals surface area contributed by atoms with E-state index in [1.165, 1.54) is 25.7 Å². The minimum absolute atomic E-state index is 0.0625. The standard InChI is InChI=1S/C25H36N6O3/c1-16(17-7-5-6-8-17)20(11-21(26)32)31-13-18(12-29-31)22-19-9-10-30(23(19)28-14-27-22)15-34-24(33)25(2,3)4/h9-10,12-14,16-17,20,22H,5-8,11,15H2,1-4H3,(H2,26,32)(H,27,28). The average molecular weight is 469 g/mol. The maximum Gasteiger partial charge on any atom is 0.312 e. The predicted octanol–water partition coefficient (Wildman–Crippen LogP) is 3.83. The summed E-state index contributed by atoms with van der Waals surface area (Å²) in [6.45, 7) is 7.81. The molecule has 3 unspecified atom stereocenters. The van der Waals surface area contributed by atoms with E-state index in [1.807, 2.05) is 54.7 Å². The molecule has 1 saturated carbocycles. The second-order valence-electron chi connectivity index (χ2n) is 10.6. The molecule has 1 aliphatic heterocycles. The van der Waals surface area contributed by atoms with Gasteiger partial charge in [0.05, 0.1) is 30.0 Å². The molecule has 1 aliphatic carbocycles. The minimum Gasteiger partial charge on any atom is -0.443 e. The Bertz CT molecular complexity index is 1060. The van der Waals surface area contributed by atoms with Crippen LogP contribution in [-0.4, -0.2) is 32.6 Å². The van der Waals surface area contributed by atoms with E-state index in [-0.39, 0.29) is 37.1 Å². The van der Waals surface area contributed by atoms with Crippen LogP contribution < -0.4 is 11.1 Å². The molecule has 0 bridgehead atoms. The number of carbonyl (C=O) groups excluding carboxylic acids is 2. The van der Waals surface area contributed by atoms with Gasteiger partial charge in [0.2, 0.25) is 5.91 Å². The van der Waals surface area contributed by atoms with E-state index in [9.17, 15) is 9.59 Å². The summed E-state index contributed by atoms with van der Waals surface area (Å²) in [5.41, 5.74) is 7.00. The first-order chi connectivity index (χ1) is 16.1. The smallest absolute Gasteiger partial charge is 0.312 e. The van der Waals surface area contributed by atoms with Gasteiger partial charge in [0.25, 0.3) is 0 Å². The Labute approximate surface area is 200 Å². The van der Waals surface area contributed by atoms with Gasteiger partial charge in [0.1, 0.15) is 5.82 Å². The topological polar surface area (TPSA) is 117 Å². The highest BCUT2D eigenvalue weighted by molar-refractivity contribution is 5.75. The van der Waals surface area contributed by atoms with Crippen LogP contribution in [0.1, 0.15) is 83.0 Å². The fraction of sp³-hybridized carbons (Fsp3) is 0.600. The third-order valence-corrected chi connectivity index (χ3v) is 7.11. The number of hydrogen-bond acceptors (Lipinski definition) is 6. The second-order valence-corrected chi connectivity index (χ2v) is 10.6. The highest BCUT2D eigenvalue weighted by Gasteiger charge is 2.32. The molecule has 0 aromatic carbocycles. The summed E-state index contributed by atoms with van der Waals surface area (Å²) in [5, 5.41) is 7.97. The number of amides is 1. The summed E-state index contributed by atoms with van der Waals surface area (Å²) in [5.74, 6) is 1.08. The Balaban J connectivity index is 1.53. The Kier molecular flexibility index (Phi) is 6.81. The molecule has 34 heavy (non-hydrogen) atoms. The van der Waals surface area contributed by atoms with Gasteiger partial charge >= 0.3 is 5.97 Å². The number of nitrogens with two attached hydrogens (primary N) is 1. The number of esters is 1. The molecule has 0 spiro atoms. The van der Waals surface area contributed by atoms with Gasteiger partial charge in [0, 0.05) is 29.9 Å². The normalized spacial score (nSPS) is 19.9. The molecule has 2 aliphatic rings. The van der Waals surface area contributed by atoms with E-state index in [1.54, 1.807) is 6.34 Å². The second kappa shape index (κ2) is 9.64. The molecule has 9 heteroatoms. The van der Waals surface area contributed by atoms with Crippen LogP contribution >= 0.6 is 0 Å². The number of fused-ring (bicyclic) bond motifs is 1. The Morgan fingerprint density at radius 1 is 1.29 bits per heavy atom. The maximum atomic E-state index is 12.2. The van der Waals surface area contributed by atoms with Gasteiger partial charge in [0.15, 0.2) is 6.73 Å². The summed E-state index contributed by atoms with van der Waals surface area (Å²) in [6, 6.07) is 1.78. The van der Waals surface area contributed by atoms with Crippen molar-refractivity contribution in [3.63, 3.8) is 0 Å². The Hall–Kier alpha value is -3.10. The zero-order chi connectivity index (χ0) is 24.5. The number of aliphatic imine (C=N–C) groups is 1. The SMILES string of the molecule is CC(C1CCCC1)C(CC(N)=O)n1cc(C2NC=Nc3c2ccn3COC(=O)C(C)(C)C)cn1. The molecule has 184 valence electrons. The van der Waals surface area contributed by atoms with Crippen molar-refractivity contribution in [1.29, 1.82) is 0 Å². The number of nitrogens with zero attached hydrogens (tertiary/aromatic N) is 4. The quantitative estimate of drug-likeness (QED) is 0.571.